The van der Waals surface area contributed by atoms with Gasteiger partial charge in [0.15, 0.2) is 0 Å². The highest BCUT2D eigenvalue weighted by molar-refractivity contribution is 5.92. The Hall–Kier alpha value is -3.10. The third kappa shape index (κ3) is 9.03. The monoisotopic (exact) mass is 476 g/mol. The lowest BCUT2D eigenvalue weighted by Crippen LogP contribution is -2.53. The fourth-order valence-electron chi connectivity index (χ4n) is 3.53. The summed E-state index contributed by atoms with van der Waals surface area (Å²) in [5.74, 6) is -1.43. The van der Waals surface area contributed by atoms with Gasteiger partial charge in [0.25, 0.3) is 0 Å². The fraction of sp³-hybridized carbons (Fsp3) is 0.600. The molecule has 190 valence electrons. The summed E-state index contributed by atoms with van der Waals surface area (Å²) in [4.78, 5) is 52.3. The van der Waals surface area contributed by atoms with Crippen molar-refractivity contribution in [2.24, 2.45) is 5.73 Å². The van der Waals surface area contributed by atoms with Gasteiger partial charge in [-0.15, -0.1) is 0 Å². The zero-order valence-electron chi connectivity index (χ0n) is 21.7. The largest absolute Gasteiger partial charge is 0.444 e. The van der Waals surface area contributed by atoms with E-state index in [2.05, 4.69) is 10.6 Å². The summed E-state index contributed by atoms with van der Waals surface area (Å²) >= 11 is 0. The molecule has 0 radical (unpaired) electrons. The molecule has 0 fully saturated rings. The molecule has 0 aliphatic rings. The molecule has 0 saturated heterocycles. The van der Waals surface area contributed by atoms with Crippen molar-refractivity contribution in [1.29, 1.82) is 0 Å². The number of aryl methyl sites for hydroxylation is 2. The maximum atomic E-state index is 13.7. The Kier molecular flexibility index (Phi) is 10.5. The van der Waals surface area contributed by atoms with Gasteiger partial charge in [-0.3, -0.25) is 14.4 Å². The quantitative estimate of drug-likeness (QED) is 0.478. The van der Waals surface area contributed by atoms with Crippen LogP contribution in [-0.4, -0.2) is 52.9 Å². The van der Waals surface area contributed by atoms with Crippen LogP contribution in [0.15, 0.2) is 18.2 Å². The van der Waals surface area contributed by atoms with Crippen LogP contribution in [0.2, 0.25) is 0 Å². The van der Waals surface area contributed by atoms with Crippen molar-refractivity contribution in [3.63, 3.8) is 0 Å². The average Bonchev–Trinajstić information content (AvgIpc) is 2.68. The van der Waals surface area contributed by atoms with E-state index < -0.39 is 35.6 Å². The Morgan fingerprint density at radius 1 is 1.09 bits per heavy atom. The lowest BCUT2D eigenvalue weighted by molar-refractivity contribution is -0.142. The number of hydrogen-bond acceptors (Lipinski definition) is 5. The number of hydrogen-bond donors (Lipinski definition) is 3. The molecule has 1 rings (SSSR count). The van der Waals surface area contributed by atoms with Crippen molar-refractivity contribution in [3.05, 3.63) is 34.9 Å². The van der Waals surface area contributed by atoms with Crippen molar-refractivity contribution in [3.8, 4) is 0 Å². The van der Waals surface area contributed by atoms with Crippen LogP contribution in [-0.2, 0) is 19.1 Å². The van der Waals surface area contributed by atoms with Crippen LogP contribution in [0.1, 0.15) is 77.1 Å². The Bertz CT molecular complexity index is 892. The Morgan fingerprint density at radius 2 is 1.71 bits per heavy atom. The number of rotatable bonds is 10. The van der Waals surface area contributed by atoms with E-state index in [1.807, 2.05) is 45.9 Å². The van der Waals surface area contributed by atoms with Gasteiger partial charge in [-0.2, -0.15) is 0 Å². The van der Waals surface area contributed by atoms with Crippen molar-refractivity contribution >= 4 is 23.8 Å². The minimum absolute atomic E-state index is 0.0186. The lowest BCUT2D eigenvalue weighted by atomic mass is 9.95. The summed E-state index contributed by atoms with van der Waals surface area (Å²) in [5, 5.41) is 5.46. The Labute approximate surface area is 202 Å². The number of amides is 4. The first-order chi connectivity index (χ1) is 15.7. The number of likely N-dealkylation sites (N-methyl/N-ethyl adjacent to an activating group) is 1. The van der Waals surface area contributed by atoms with Gasteiger partial charge in [-0.25, -0.2) is 4.79 Å². The first-order valence-corrected chi connectivity index (χ1v) is 11.6. The third-order valence-electron chi connectivity index (χ3n) is 5.01. The topological polar surface area (TPSA) is 131 Å². The van der Waals surface area contributed by atoms with Crippen molar-refractivity contribution in [2.45, 2.75) is 92.0 Å². The van der Waals surface area contributed by atoms with E-state index >= 15 is 0 Å². The van der Waals surface area contributed by atoms with Gasteiger partial charge in [0.2, 0.25) is 17.7 Å². The Balaban J connectivity index is 3.43. The summed E-state index contributed by atoms with van der Waals surface area (Å²) in [6, 6.07) is 3.57. The zero-order valence-corrected chi connectivity index (χ0v) is 21.7. The highest BCUT2D eigenvalue weighted by Gasteiger charge is 2.36. The van der Waals surface area contributed by atoms with Crippen LogP contribution in [0.3, 0.4) is 0 Å². The van der Waals surface area contributed by atoms with Crippen LogP contribution in [0, 0.1) is 13.8 Å². The first-order valence-electron chi connectivity index (χ1n) is 11.6. The zero-order chi connectivity index (χ0) is 26.2. The van der Waals surface area contributed by atoms with Gasteiger partial charge in [0, 0.05) is 19.0 Å². The molecule has 4 amide bonds. The number of carbonyl (C=O) groups excluding carboxylic acids is 4. The highest BCUT2D eigenvalue weighted by atomic mass is 16.6. The van der Waals surface area contributed by atoms with Crippen LogP contribution in [0.5, 0.6) is 0 Å². The molecule has 0 saturated carbocycles. The predicted octanol–water partition coefficient (Wildman–Crippen LogP) is 2.88. The van der Waals surface area contributed by atoms with Gasteiger partial charge in [-0.05, 0) is 72.9 Å². The van der Waals surface area contributed by atoms with E-state index in [9.17, 15) is 19.2 Å². The van der Waals surface area contributed by atoms with Gasteiger partial charge in [0.05, 0.1) is 0 Å². The van der Waals surface area contributed by atoms with Crippen LogP contribution < -0.4 is 16.4 Å². The van der Waals surface area contributed by atoms with Gasteiger partial charge >= 0.3 is 6.09 Å². The molecule has 2 atom stereocenters. The maximum Gasteiger partial charge on any atom is 0.408 e. The number of ether oxygens (including phenoxy) is 1. The minimum Gasteiger partial charge on any atom is -0.444 e. The number of benzene rings is 1. The molecule has 0 aromatic heterocycles. The van der Waals surface area contributed by atoms with E-state index in [-0.39, 0.29) is 31.3 Å². The molecule has 0 heterocycles. The summed E-state index contributed by atoms with van der Waals surface area (Å²) in [5.41, 5.74) is 7.02. The molecule has 0 spiro atoms. The second-order valence-electron chi connectivity index (χ2n) is 9.75. The van der Waals surface area contributed by atoms with Crippen LogP contribution in [0.25, 0.3) is 0 Å². The minimum atomic E-state index is -1.10. The van der Waals surface area contributed by atoms with Crippen molar-refractivity contribution in [1.82, 2.24) is 15.5 Å². The molecule has 0 aliphatic carbocycles. The van der Waals surface area contributed by atoms with Gasteiger partial charge < -0.3 is 26.0 Å². The second-order valence-corrected chi connectivity index (χ2v) is 9.75. The molecule has 9 nitrogen and oxygen atoms in total. The van der Waals surface area contributed by atoms with Gasteiger partial charge in [-0.1, -0.05) is 23.8 Å². The SMILES string of the molecule is CCN(C(=O)C(CCC(N)=O)NC(=O)OC(C)(C)C)C(C(=O)NC(C)C)c1cc(C)ccc1C. The molecule has 0 bridgehead atoms. The summed E-state index contributed by atoms with van der Waals surface area (Å²) in [7, 11) is 0. The molecule has 9 heteroatoms. The molecule has 0 aliphatic heterocycles. The standard InChI is InChI=1S/C25H40N4O5/c1-9-29(21(22(31)27-15(2)3)18-14-16(4)10-11-17(18)5)23(32)19(12-13-20(26)30)28-24(33)34-25(6,7)8/h10-11,14-15,19,21H,9,12-13H2,1-8H3,(H2,26,30)(H,27,31)(H,28,33). The highest BCUT2D eigenvalue weighted by Crippen LogP contribution is 2.27. The number of alkyl carbamates (subject to hydrolysis) is 1. The maximum absolute atomic E-state index is 13.7. The number of nitrogens with one attached hydrogen (secondary N) is 2. The molecule has 4 N–H and O–H groups in total. The summed E-state index contributed by atoms with van der Waals surface area (Å²) in [6.07, 6.45) is -0.924. The molecular weight excluding hydrogens is 436 g/mol. The normalized spacial score (nSPS) is 13.1. The van der Waals surface area contributed by atoms with Crippen LogP contribution in [0.4, 0.5) is 4.79 Å². The number of carbonyl (C=O) groups is 4. The molecule has 1 aromatic rings. The van der Waals surface area contributed by atoms with Crippen LogP contribution >= 0.6 is 0 Å². The number of nitrogens with two attached hydrogens (primary N) is 1. The molecule has 2 unspecified atom stereocenters. The smallest absolute Gasteiger partial charge is 0.408 e. The first kappa shape index (κ1) is 28.9. The molecule has 1 aromatic carbocycles. The van der Waals surface area contributed by atoms with E-state index in [1.54, 1.807) is 27.7 Å². The Morgan fingerprint density at radius 3 is 2.21 bits per heavy atom. The number of primary amides is 1. The molecule has 34 heavy (non-hydrogen) atoms. The van der Waals surface area contributed by atoms with E-state index in [0.717, 1.165) is 11.1 Å². The fourth-order valence-corrected chi connectivity index (χ4v) is 3.53. The summed E-state index contributed by atoms with van der Waals surface area (Å²) < 4.78 is 5.30. The van der Waals surface area contributed by atoms with Gasteiger partial charge in [0.1, 0.15) is 17.7 Å². The molecular formula is C25H40N4O5. The van der Waals surface area contributed by atoms with E-state index in [0.29, 0.717) is 5.56 Å². The van der Waals surface area contributed by atoms with E-state index in [1.165, 1.54) is 4.90 Å². The third-order valence-corrected chi connectivity index (χ3v) is 5.01. The number of nitrogens with zero attached hydrogens (tertiary/aromatic N) is 1. The summed E-state index contributed by atoms with van der Waals surface area (Å²) in [6.45, 7) is 14.6. The predicted molar refractivity (Wildman–Crippen MR) is 131 cm³/mol. The van der Waals surface area contributed by atoms with Crippen molar-refractivity contribution in [2.75, 3.05) is 6.54 Å². The average molecular weight is 477 g/mol. The second kappa shape index (κ2) is 12.4. The van der Waals surface area contributed by atoms with E-state index in [4.69, 9.17) is 10.5 Å². The van der Waals surface area contributed by atoms with Crippen molar-refractivity contribution < 1.29 is 23.9 Å². The lowest BCUT2D eigenvalue weighted by Gasteiger charge is -2.34.